The van der Waals surface area contributed by atoms with Crippen molar-refractivity contribution in [2.75, 3.05) is 0 Å². The highest BCUT2D eigenvalue weighted by atomic mass is 35.5. The minimum absolute atomic E-state index is 0.0995. The van der Waals surface area contributed by atoms with Crippen LogP contribution in [0.15, 0.2) is 34.9 Å². The van der Waals surface area contributed by atoms with Crippen molar-refractivity contribution in [2.45, 2.75) is 76.6 Å². The second kappa shape index (κ2) is 6.82. The van der Waals surface area contributed by atoms with Crippen molar-refractivity contribution in [3.8, 4) is 6.26 Å². The lowest BCUT2D eigenvalue weighted by molar-refractivity contribution is -0.115. The van der Waals surface area contributed by atoms with E-state index in [4.69, 9.17) is 21.3 Å². The minimum atomic E-state index is -2.60. The van der Waals surface area contributed by atoms with Crippen LogP contribution in [0.1, 0.15) is 52.9 Å². The van der Waals surface area contributed by atoms with Gasteiger partial charge in [-0.3, -0.25) is 4.79 Å². The van der Waals surface area contributed by atoms with E-state index in [-0.39, 0.29) is 28.4 Å². The lowest BCUT2D eigenvalue weighted by Gasteiger charge is -2.55. The number of halogens is 1. The highest BCUT2D eigenvalue weighted by molar-refractivity contribution is 6.80. The van der Waals surface area contributed by atoms with Crippen LogP contribution in [0, 0.1) is 34.2 Å². The quantitative estimate of drug-likeness (QED) is 0.281. The summed E-state index contributed by atoms with van der Waals surface area (Å²) in [6.07, 6.45) is 12.0. The SMILES string of the molecule is CC1=CC2C(=CC[C@@]3(C)C2CC[C@]3(O)[C@H](Cl)[Si](C)(C)OC#N)[C@@]2(C)CCC(=O)C=C12. The van der Waals surface area contributed by atoms with Gasteiger partial charge in [-0.15, -0.1) is 11.6 Å². The summed E-state index contributed by atoms with van der Waals surface area (Å²) in [7, 11) is -2.60. The van der Waals surface area contributed by atoms with Crippen molar-refractivity contribution in [3.63, 3.8) is 0 Å². The van der Waals surface area contributed by atoms with Gasteiger partial charge in [-0.05, 0) is 63.3 Å². The summed E-state index contributed by atoms with van der Waals surface area (Å²) >= 11 is 6.92. The molecule has 30 heavy (non-hydrogen) atoms. The molecule has 0 aromatic heterocycles. The van der Waals surface area contributed by atoms with E-state index >= 15 is 0 Å². The zero-order valence-corrected chi connectivity index (χ0v) is 20.3. The molecule has 0 spiro atoms. The molecule has 0 radical (unpaired) electrons. The first-order chi connectivity index (χ1) is 13.9. The van der Waals surface area contributed by atoms with Crippen LogP contribution < -0.4 is 0 Å². The third kappa shape index (κ3) is 2.76. The van der Waals surface area contributed by atoms with E-state index in [1.165, 1.54) is 16.7 Å². The fourth-order valence-corrected chi connectivity index (χ4v) is 9.40. The Labute approximate surface area is 185 Å². The van der Waals surface area contributed by atoms with E-state index < -0.39 is 18.9 Å². The Morgan fingerprint density at radius 2 is 2.07 bits per heavy atom. The molecule has 6 atom stereocenters. The summed E-state index contributed by atoms with van der Waals surface area (Å²) in [6, 6.07) is 0. The number of aliphatic hydroxyl groups is 1. The van der Waals surface area contributed by atoms with Gasteiger partial charge in [0.2, 0.25) is 0 Å². The highest BCUT2D eigenvalue weighted by Gasteiger charge is 2.66. The molecule has 0 aromatic rings. The zero-order chi connectivity index (χ0) is 22.1. The van der Waals surface area contributed by atoms with Crippen LogP contribution in [-0.4, -0.2) is 29.8 Å². The van der Waals surface area contributed by atoms with Crippen LogP contribution in [0.2, 0.25) is 13.1 Å². The van der Waals surface area contributed by atoms with Crippen LogP contribution >= 0.6 is 11.6 Å². The summed E-state index contributed by atoms with van der Waals surface area (Å²) in [6.45, 7) is 10.4. The van der Waals surface area contributed by atoms with Gasteiger partial charge < -0.3 is 9.53 Å². The summed E-state index contributed by atoms with van der Waals surface area (Å²) in [5, 5.41) is 20.5. The molecule has 0 bridgehead atoms. The van der Waals surface area contributed by atoms with Crippen molar-refractivity contribution in [1.29, 1.82) is 5.26 Å². The lowest BCUT2D eigenvalue weighted by atomic mass is 9.51. The molecule has 2 unspecified atom stereocenters. The summed E-state index contributed by atoms with van der Waals surface area (Å²) in [5.74, 6) is 0.750. The van der Waals surface area contributed by atoms with Gasteiger partial charge in [-0.25, -0.2) is 0 Å². The van der Waals surface area contributed by atoms with E-state index in [0.717, 1.165) is 19.3 Å². The van der Waals surface area contributed by atoms with Crippen molar-refractivity contribution in [2.24, 2.45) is 22.7 Å². The molecule has 1 N–H and O–H groups in total. The zero-order valence-electron chi connectivity index (χ0n) is 18.6. The van der Waals surface area contributed by atoms with Gasteiger partial charge in [-0.1, -0.05) is 37.1 Å². The van der Waals surface area contributed by atoms with Gasteiger partial charge in [0.05, 0.1) is 10.6 Å². The molecule has 4 aliphatic carbocycles. The number of allylic oxidation sites excluding steroid dienone is 6. The first kappa shape index (κ1) is 21.9. The van der Waals surface area contributed by atoms with Crippen molar-refractivity contribution in [3.05, 3.63) is 34.9 Å². The Balaban J connectivity index is 1.77. The van der Waals surface area contributed by atoms with Gasteiger partial charge in [0.1, 0.15) is 0 Å². The lowest BCUT2D eigenvalue weighted by Crippen LogP contribution is -2.62. The van der Waals surface area contributed by atoms with Crippen LogP contribution in [0.5, 0.6) is 0 Å². The Bertz CT molecular complexity index is 931. The van der Waals surface area contributed by atoms with Crippen molar-refractivity contribution >= 4 is 25.7 Å². The number of fused-ring (bicyclic) bond motifs is 5. The van der Waals surface area contributed by atoms with Crippen LogP contribution in [-0.2, 0) is 9.22 Å². The third-order valence-corrected chi connectivity index (χ3v) is 13.0. The molecule has 0 saturated heterocycles. The van der Waals surface area contributed by atoms with Crippen LogP contribution in [0.3, 0.4) is 0 Å². The van der Waals surface area contributed by atoms with Crippen molar-refractivity contribution in [1.82, 2.24) is 0 Å². The normalized spacial score (nSPS) is 41.4. The number of ketones is 1. The Morgan fingerprint density at radius 1 is 1.37 bits per heavy atom. The molecule has 6 heteroatoms. The van der Waals surface area contributed by atoms with E-state index in [0.29, 0.717) is 12.8 Å². The topological polar surface area (TPSA) is 70.3 Å². The number of alkyl halides is 1. The average Bonchev–Trinajstić information content (AvgIpc) is 2.95. The Hall–Kier alpha value is -1.35. The fourth-order valence-electron chi connectivity index (χ4n) is 6.95. The number of carbonyl (C=O) groups excluding carboxylic acids is 1. The van der Waals surface area contributed by atoms with Crippen LogP contribution in [0.4, 0.5) is 0 Å². The second-order valence-corrected chi connectivity index (χ2v) is 15.5. The standard InChI is InChI=1S/C24H32ClNO3Si/c1-15-12-17-18(22(2)9-6-16(27)13-20(15)22)7-10-23(3)19(17)8-11-24(23,28)21(25)30(4,5)29-14-26/h7,12-13,17,19,21,28H,6,8-11H2,1-5H3/t17?,19?,21-,22-,23+,24+/m1/s1. The maximum Gasteiger partial charge on any atom is 0.282 e. The number of nitriles is 1. The fraction of sp³-hybridized carbons (Fsp3) is 0.667. The number of hydrogen-bond donors (Lipinski definition) is 1. The van der Waals surface area contributed by atoms with Gasteiger partial charge in [-0.2, -0.15) is 5.26 Å². The number of hydrogen-bond acceptors (Lipinski definition) is 4. The molecule has 0 aromatic carbocycles. The molecular weight excluding hydrogens is 414 g/mol. The van der Waals surface area contributed by atoms with Crippen LogP contribution in [0.25, 0.3) is 0 Å². The van der Waals surface area contributed by atoms with Gasteiger partial charge in [0.25, 0.3) is 14.6 Å². The molecule has 1 saturated carbocycles. The number of rotatable bonds is 3. The van der Waals surface area contributed by atoms with E-state index in [1.807, 2.05) is 25.4 Å². The molecule has 4 rings (SSSR count). The molecule has 4 aliphatic rings. The largest absolute Gasteiger partial charge is 0.481 e. The molecule has 0 aliphatic heterocycles. The monoisotopic (exact) mass is 445 g/mol. The maximum atomic E-state index is 12.1. The van der Waals surface area contributed by atoms with Crippen molar-refractivity contribution < 1.29 is 14.3 Å². The van der Waals surface area contributed by atoms with Gasteiger partial charge in [0.15, 0.2) is 5.78 Å². The number of nitrogens with zero attached hydrogens (tertiary/aromatic N) is 1. The maximum absolute atomic E-state index is 12.1. The average molecular weight is 446 g/mol. The smallest absolute Gasteiger partial charge is 0.282 e. The Morgan fingerprint density at radius 3 is 2.73 bits per heavy atom. The molecular formula is C24H32ClNO3Si. The first-order valence-corrected chi connectivity index (χ1v) is 14.4. The predicted octanol–water partition coefficient (Wildman–Crippen LogP) is 5.18. The summed E-state index contributed by atoms with van der Waals surface area (Å²) in [4.78, 5) is 12.1. The van der Waals surface area contributed by atoms with E-state index in [1.54, 1.807) is 0 Å². The second-order valence-electron chi connectivity index (χ2n) is 10.7. The predicted molar refractivity (Wildman–Crippen MR) is 120 cm³/mol. The molecule has 0 amide bonds. The Kier molecular flexibility index (Phi) is 4.97. The van der Waals surface area contributed by atoms with Gasteiger partial charge >= 0.3 is 0 Å². The number of carbonyl (C=O) groups is 1. The molecule has 1 fully saturated rings. The minimum Gasteiger partial charge on any atom is -0.481 e. The highest BCUT2D eigenvalue weighted by Crippen LogP contribution is 2.66. The molecule has 4 nitrogen and oxygen atoms in total. The molecule has 0 heterocycles. The third-order valence-electron chi connectivity index (χ3n) is 8.78. The summed E-state index contributed by atoms with van der Waals surface area (Å²) < 4.78 is 5.40. The first-order valence-electron chi connectivity index (χ1n) is 11.0. The summed E-state index contributed by atoms with van der Waals surface area (Å²) in [5.41, 5.74) is 2.22. The van der Waals surface area contributed by atoms with E-state index in [2.05, 4.69) is 32.9 Å². The molecule has 162 valence electrons. The van der Waals surface area contributed by atoms with E-state index in [9.17, 15) is 9.90 Å². The van der Waals surface area contributed by atoms with Gasteiger partial charge in [0, 0.05) is 23.2 Å².